The van der Waals surface area contributed by atoms with Gasteiger partial charge in [-0.2, -0.15) is 0 Å². The van der Waals surface area contributed by atoms with Crippen LogP contribution in [0.4, 0.5) is 19.0 Å². The van der Waals surface area contributed by atoms with Crippen LogP contribution in [-0.2, 0) is 6.54 Å². The number of aromatic nitrogens is 2. The lowest BCUT2D eigenvalue weighted by Crippen LogP contribution is -2.17. The number of methoxy groups -OCH3 is 1. The molecular formula is C13H12F3N3O2. The molecule has 5 nitrogen and oxygen atoms in total. The first-order valence-corrected chi connectivity index (χ1v) is 5.91. The molecule has 0 radical (unpaired) electrons. The lowest BCUT2D eigenvalue weighted by Gasteiger charge is -2.10. The van der Waals surface area contributed by atoms with Crippen LogP contribution in [0.5, 0.6) is 11.6 Å². The van der Waals surface area contributed by atoms with E-state index < -0.39 is 6.36 Å². The minimum absolute atomic E-state index is 0.362. The van der Waals surface area contributed by atoms with Crippen LogP contribution in [0.3, 0.4) is 0 Å². The van der Waals surface area contributed by atoms with Gasteiger partial charge < -0.3 is 14.8 Å². The summed E-state index contributed by atoms with van der Waals surface area (Å²) in [6.07, 6.45) is -2.11. The summed E-state index contributed by atoms with van der Waals surface area (Å²) in [5.41, 5.74) is 0.902. The Morgan fingerprint density at radius 2 is 2.00 bits per heavy atom. The minimum Gasteiger partial charge on any atom is -0.481 e. The summed E-state index contributed by atoms with van der Waals surface area (Å²) in [6.45, 7) is 0.436. The van der Waals surface area contributed by atoms with Gasteiger partial charge in [-0.1, -0.05) is 0 Å². The smallest absolute Gasteiger partial charge is 0.481 e. The Labute approximate surface area is 118 Å². The van der Waals surface area contributed by atoms with Gasteiger partial charge in [-0.3, -0.25) is 0 Å². The highest BCUT2D eigenvalue weighted by molar-refractivity contribution is 5.38. The van der Waals surface area contributed by atoms with Crippen LogP contribution >= 0.6 is 0 Å². The molecule has 0 fully saturated rings. The summed E-state index contributed by atoms with van der Waals surface area (Å²) in [4.78, 5) is 7.81. The number of anilines is 1. The monoisotopic (exact) mass is 299 g/mol. The number of rotatable bonds is 5. The van der Waals surface area contributed by atoms with Crippen molar-refractivity contribution in [3.05, 3.63) is 42.2 Å². The zero-order valence-corrected chi connectivity index (χ0v) is 11.0. The van der Waals surface area contributed by atoms with E-state index in [2.05, 4.69) is 20.0 Å². The van der Waals surface area contributed by atoms with Crippen molar-refractivity contribution < 1.29 is 22.6 Å². The van der Waals surface area contributed by atoms with Gasteiger partial charge in [-0.15, -0.1) is 13.2 Å². The van der Waals surface area contributed by atoms with Crippen molar-refractivity contribution in [2.45, 2.75) is 12.9 Å². The van der Waals surface area contributed by atoms with E-state index in [9.17, 15) is 13.2 Å². The van der Waals surface area contributed by atoms with Crippen molar-refractivity contribution >= 4 is 5.82 Å². The molecule has 0 amide bonds. The second-order valence-corrected chi connectivity index (χ2v) is 3.99. The molecule has 112 valence electrons. The maximum Gasteiger partial charge on any atom is 0.573 e. The molecule has 0 spiro atoms. The van der Waals surface area contributed by atoms with Gasteiger partial charge in [0, 0.05) is 18.8 Å². The summed E-state index contributed by atoms with van der Waals surface area (Å²) in [6, 6.07) is 6.13. The van der Waals surface area contributed by atoms with Crippen molar-refractivity contribution in [1.82, 2.24) is 9.97 Å². The van der Waals surface area contributed by atoms with Gasteiger partial charge in [-0.25, -0.2) is 9.97 Å². The topological polar surface area (TPSA) is 56.3 Å². The Morgan fingerprint density at radius 3 is 2.62 bits per heavy atom. The fourth-order valence-corrected chi connectivity index (χ4v) is 1.54. The molecule has 0 aliphatic carbocycles. The number of hydrogen-bond donors (Lipinski definition) is 1. The molecule has 0 bridgehead atoms. The van der Waals surface area contributed by atoms with Gasteiger partial charge in [0.15, 0.2) is 0 Å². The van der Waals surface area contributed by atoms with Crippen molar-refractivity contribution in [3.63, 3.8) is 0 Å². The van der Waals surface area contributed by atoms with Crippen LogP contribution in [0.25, 0.3) is 0 Å². The van der Waals surface area contributed by atoms with Gasteiger partial charge in [0.25, 0.3) is 0 Å². The van der Waals surface area contributed by atoms with Crippen molar-refractivity contribution in [2.24, 2.45) is 0 Å². The second kappa shape index (κ2) is 6.29. The maximum atomic E-state index is 12.0. The number of halogens is 3. The summed E-state index contributed by atoms with van der Waals surface area (Å²) in [5.74, 6) is 0.551. The van der Waals surface area contributed by atoms with E-state index in [-0.39, 0.29) is 5.75 Å². The first kappa shape index (κ1) is 14.9. The third-order valence-corrected chi connectivity index (χ3v) is 2.45. The summed E-state index contributed by atoms with van der Waals surface area (Å²) in [5, 5.41) is 2.97. The van der Waals surface area contributed by atoms with E-state index in [1.54, 1.807) is 18.3 Å². The number of pyridine rings is 2. The van der Waals surface area contributed by atoms with E-state index in [0.29, 0.717) is 18.2 Å². The molecule has 0 aliphatic rings. The highest BCUT2D eigenvalue weighted by Gasteiger charge is 2.31. The molecular weight excluding hydrogens is 287 g/mol. The zero-order valence-electron chi connectivity index (χ0n) is 11.0. The van der Waals surface area contributed by atoms with Crippen LogP contribution in [0.15, 0.2) is 36.7 Å². The summed E-state index contributed by atoms with van der Waals surface area (Å²) < 4.78 is 44.7. The Bertz CT molecular complexity index is 588. The molecule has 0 aromatic carbocycles. The average Bonchev–Trinajstić information content (AvgIpc) is 2.45. The predicted molar refractivity (Wildman–Crippen MR) is 69.0 cm³/mol. The van der Waals surface area contributed by atoms with Crippen molar-refractivity contribution in [3.8, 4) is 11.6 Å². The SMILES string of the molecule is COc1cc(CNc2ccc(OC(F)(F)F)cn2)ccn1. The van der Waals surface area contributed by atoms with Crippen LogP contribution in [0.1, 0.15) is 5.56 Å². The summed E-state index contributed by atoms with van der Waals surface area (Å²) in [7, 11) is 1.51. The van der Waals surface area contributed by atoms with Crippen LogP contribution < -0.4 is 14.8 Å². The first-order chi connectivity index (χ1) is 9.96. The fraction of sp³-hybridized carbons (Fsp3) is 0.231. The lowest BCUT2D eigenvalue weighted by molar-refractivity contribution is -0.274. The van der Waals surface area contributed by atoms with Gasteiger partial charge in [0.2, 0.25) is 5.88 Å². The Hall–Kier alpha value is -2.51. The Balaban J connectivity index is 1.94. The number of hydrogen-bond acceptors (Lipinski definition) is 5. The number of ether oxygens (including phenoxy) is 2. The van der Waals surface area contributed by atoms with E-state index in [4.69, 9.17) is 4.74 Å². The normalized spacial score (nSPS) is 11.0. The van der Waals surface area contributed by atoms with Crippen LogP contribution in [0.2, 0.25) is 0 Å². The third-order valence-electron chi connectivity index (χ3n) is 2.45. The molecule has 2 rings (SSSR count). The molecule has 0 saturated heterocycles. The Kier molecular flexibility index (Phi) is 4.46. The lowest BCUT2D eigenvalue weighted by atomic mass is 10.2. The molecule has 0 aliphatic heterocycles. The molecule has 0 saturated carbocycles. The number of nitrogens with zero attached hydrogens (tertiary/aromatic N) is 2. The van der Waals surface area contributed by atoms with Crippen molar-refractivity contribution in [1.29, 1.82) is 0 Å². The highest BCUT2D eigenvalue weighted by atomic mass is 19.4. The fourth-order valence-electron chi connectivity index (χ4n) is 1.54. The summed E-state index contributed by atoms with van der Waals surface area (Å²) >= 11 is 0. The zero-order chi connectivity index (χ0) is 15.3. The molecule has 0 atom stereocenters. The molecule has 21 heavy (non-hydrogen) atoms. The van der Waals surface area contributed by atoms with Crippen LogP contribution in [-0.4, -0.2) is 23.4 Å². The van der Waals surface area contributed by atoms with Crippen molar-refractivity contribution in [2.75, 3.05) is 12.4 Å². The average molecular weight is 299 g/mol. The molecule has 8 heteroatoms. The van der Waals surface area contributed by atoms with Gasteiger partial charge in [0.05, 0.1) is 13.3 Å². The van der Waals surface area contributed by atoms with E-state index in [0.717, 1.165) is 11.8 Å². The van der Waals surface area contributed by atoms with Gasteiger partial charge in [0.1, 0.15) is 11.6 Å². The van der Waals surface area contributed by atoms with E-state index >= 15 is 0 Å². The molecule has 2 heterocycles. The molecule has 2 aromatic rings. The molecule has 0 unspecified atom stereocenters. The third kappa shape index (κ3) is 4.83. The quantitative estimate of drug-likeness (QED) is 0.919. The van der Waals surface area contributed by atoms with E-state index in [1.807, 2.05) is 0 Å². The largest absolute Gasteiger partial charge is 0.573 e. The predicted octanol–water partition coefficient (Wildman–Crippen LogP) is 3.00. The van der Waals surface area contributed by atoms with Crippen LogP contribution in [0, 0.1) is 0 Å². The second-order valence-electron chi connectivity index (χ2n) is 3.99. The number of alkyl halides is 3. The molecule has 2 aromatic heterocycles. The maximum absolute atomic E-state index is 12.0. The molecule has 1 N–H and O–H groups in total. The first-order valence-electron chi connectivity index (χ1n) is 5.91. The minimum atomic E-state index is -4.72. The van der Waals surface area contributed by atoms with Gasteiger partial charge >= 0.3 is 6.36 Å². The Morgan fingerprint density at radius 1 is 1.19 bits per heavy atom. The van der Waals surface area contributed by atoms with E-state index in [1.165, 1.54) is 19.2 Å². The standard InChI is InChI=1S/C13H12F3N3O2/c1-20-12-6-9(4-5-17-12)7-18-11-3-2-10(8-19-11)21-13(14,15)16/h2-6,8H,7H2,1H3,(H,18,19). The number of nitrogens with one attached hydrogen (secondary N) is 1. The van der Waals surface area contributed by atoms with Gasteiger partial charge in [-0.05, 0) is 23.8 Å². The highest BCUT2D eigenvalue weighted by Crippen LogP contribution is 2.22.